The van der Waals surface area contributed by atoms with Crippen LogP contribution in [-0.4, -0.2) is 446 Å². The second kappa shape index (κ2) is 53.7. The van der Waals surface area contributed by atoms with E-state index in [1.165, 1.54) is 0 Å². The van der Waals surface area contributed by atoms with E-state index in [4.69, 9.17) is 39.8 Å². The molecule has 0 saturated carbocycles. The van der Waals surface area contributed by atoms with Crippen molar-refractivity contribution < 1.29 is 225 Å². The number of aliphatic carboxylic acids is 3. The van der Waals surface area contributed by atoms with E-state index < -0.39 is 289 Å². The van der Waals surface area contributed by atoms with Gasteiger partial charge in [-0.2, -0.15) is 0 Å². The number of rotatable bonds is 54. The third-order valence-corrected chi connectivity index (χ3v) is 12.8. The topological polar surface area (TPSA) is 786 Å². The minimum Gasteiger partial charge on any atom is -0.549 e. The summed E-state index contributed by atoms with van der Waals surface area (Å²) in [6.45, 7) is -17.9. The molecule has 0 aromatic heterocycles. The van der Waals surface area contributed by atoms with Gasteiger partial charge in [0.25, 0.3) is 23.6 Å². The van der Waals surface area contributed by atoms with Crippen molar-refractivity contribution in [1.29, 1.82) is 0 Å². The Morgan fingerprint density at radius 2 is 0.556 bits per heavy atom. The van der Waals surface area contributed by atoms with E-state index in [2.05, 4.69) is 31.3 Å². The molecule has 0 aliphatic rings. The van der Waals surface area contributed by atoms with Gasteiger partial charge in [-0.15, -0.1) is 0 Å². The molecule has 8 unspecified atom stereocenters. The quantitative estimate of drug-likeness (QED) is 0.0199. The van der Waals surface area contributed by atoms with E-state index in [9.17, 15) is 140 Å². The number of nitrogens with one attached hydrogen (secondary N) is 2. The van der Waals surface area contributed by atoms with Gasteiger partial charge in [-0.3, -0.25) is 53.3 Å². The average Bonchev–Trinajstić information content (AvgIpc) is 0.948. The Hall–Kier alpha value is -6.13. The van der Waals surface area contributed by atoms with E-state index in [-0.39, 0.29) is 45.4 Å². The standard InChI is InChI=1S/C50H87N11O36.Gd.H2O/c62-18-30(70)47(90)43(86)26(66)9-53-94-22-36(76)60(37(77)23-95-54-10-27(67)44(87)48(91)31(71)19-63)3-1-51-34(74)13-58(16-41(82)83)7-5-57(15-40(80)81)6-8-59(17-42(84)85)14-35(75)52-2-4-61(38(78)24-96-55-11-28(68)45(88)49(92)32(72)20-64)39(79)25-97-56-12-29(69)46(89)50(93)33(73)21-65;;/h9-12,26-33,43-50,62-73,86-93H,1-8,13-25H2,(H,51,74)(H,52,75)(H,80,81)(H,82,83)(H,84,85);;1H2/q;+3;/p-3/b53-9+,54-10+,55-11+,56-12+;;/t26?,27?,28?,29?,30?,31?,32?,33?,43-,44+,45-,46+,47-,48-,49-,50-;;/m1../s1. The largest absolute Gasteiger partial charge is 3.00 e. The van der Waals surface area contributed by atoms with Gasteiger partial charge >= 0.3 is 39.9 Å². The molecule has 48 nitrogen and oxygen atoms in total. The summed E-state index contributed by atoms with van der Waals surface area (Å²) in [6, 6.07) is 0. The minimum atomic E-state index is -2.15. The van der Waals surface area contributed by atoms with Crippen LogP contribution in [0.1, 0.15) is 0 Å². The first kappa shape index (κ1) is 97.1. The molecule has 6 amide bonds. The van der Waals surface area contributed by atoms with Crippen LogP contribution in [0.15, 0.2) is 20.6 Å². The minimum absolute atomic E-state index is 0. The van der Waals surface area contributed by atoms with Crippen LogP contribution < -0.4 is 26.0 Å². The first-order chi connectivity index (χ1) is 45.6. The van der Waals surface area contributed by atoms with Crippen molar-refractivity contribution in [3.63, 3.8) is 0 Å². The number of aliphatic hydroxyl groups is 20. The van der Waals surface area contributed by atoms with Crippen molar-refractivity contribution >= 4 is 78.2 Å². The predicted molar refractivity (Wildman–Crippen MR) is 310 cm³/mol. The van der Waals surface area contributed by atoms with Gasteiger partial charge in [0, 0.05) is 72.0 Å². The molecular formula is C50H86GdN11O37. The second-order valence-corrected chi connectivity index (χ2v) is 20.4. The van der Waals surface area contributed by atoms with E-state index in [0.717, 1.165) is 14.7 Å². The molecule has 49 heteroatoms. The van der Waals surface area contributed by atoms with Crippen LogP contribution in [0.25, 0.3) is 0 Å². The number of oxime groups is 4. The monoisotopic (exact) mass is 1590 g/mol. The van der Waals surface area contributed by atoms with E-state index in [1.54, 1.807) is 0 Å². The molecule has 0 fully saturated rings. The zero-order chi connectivity index (χ0) is 74.1. The number of imide groups is 2. The Morgan fingerprint density at radius 3 is 0.768 bits per heavy atom. The Balaban J connectivity index is -0.0000461. The fourth-order valence-corrected chi connectivity index (χ4v) is 7.33. The Labute approximate surface area is 592 Å². The van der Waals surface area contributed by atoms with E-state index in [1.807, 2.05) is 0 Å². The maximum absolute atomic E-state index is 13.2. The van der Waals surface area contributed by atoms with Crippen LogP contribution in [0, 0.1) is 39.9 Å². The number of carboxylic acid groups (broad SMARTS) is 3. The van der Waals surface area contributed by atoms with Crippen LogP contribution >= 0.6 is 0 Å². The zero-order valence-electron chi connectivity index (χ0n) is 52.3. The Kier molecular flexibility index (Phi) is 52.6. The number of carboxylic acids is 3. The van der Waals surface area contributed by atoms with Crippen molar-refractivity contribution in [3.8, 4) is 0 Å². The Bertz CT molecular complexity index is 2240. The molecule has 0 heterocycles. The van der Waals surface area contributed by atoms with Crippen LogP contribution in [0.4, 0.5) is 0 Å². The first-order valence-corrected chi connectivity index (χ1v) is 28.5. The molecule has 0 rings (SSSR count). The summed E-state index contributed by atoms with van der Waals surface area (Å²) >= 11 is 0. The van der Waals surface area contributed by atoms with Gasteiger partial charge in [0.2, 0.25) is 11.8 Å². The Morgan fingerprint density at radius 1 is 0.343 bits per heavy atom. The molecule has 0 spiro atoms. The molecule has 99 heavy (non-hydrogen) atoms. The average molecular weight is 1590 g/mol. The molecule has 16 atom stereocenters. The van der Waals surface area contributed by atoms with Crippen molar-refractivity contribution in [2.24, 2.45) is 20.6 Å². The fraction of sp³-hybridized carbons (Fsp3) is 0.740. The summed E-state index contributed by atoms with van der Waals surface area (Å²) in [6.07, 6.45) is -31.1. The van der Waals surface area contributed by atoms with Gasteiger partial charge < -0.3 is 167 Å². The smallest absolute Gasteiger partial charge is 0.549 e. The van der Waals surface area contributed by atoms with E-state index >= 15 is 0 Å². The maximum Gasteiger partial charge on any atom is 3.00 e. The number of aliphatic hydroxyl groups excluding tert-OH is 20. The zero-order valence-corrected chi connectivity index (χ0v) is 54.5. The fourth-order valence-electron chi connectivity index (χ4n) is 7.33. The molecule has 0 aromatic carbocycles. The number of carbonyl (C=O) groups is 9. The van der Waals surface area contributed by atoms with Crippen molar-refractivity contribution in [2.75, 3.05) is 138 Å². The molecular weight excluding hydrogens is 1500 g/mol. The van der Waals surface area contributed by atoms with Gasteiger partial charge in [0.15, 0.2) is 26.4 Å². The third-order valence-electron chi connectivity index (χ3n) is 12.8. The van der Waals surface area contributed by atoms with Crippen LogP contribution in [0.3, 0.4) is 0 Å². The molecule has 0 aromatic rings. The van der Waals surface area contributed by atoms with Gasteiger partial charge in [-0.1, -0.05) is 20.6 Å². The van der Waals surface area contributed by atoms with Crippen LogP contribution in [-0.2, 0) is 62.5 Å². The second-order valence-electron chi connectivity index (χ2n) is 20.4. The van der Waals surface area contributed by atoms with Crippen molar-refractivity contribution in [2.45, 2.75) is 97.7 Å². The summed E-state index contributed by atoms with van der Waals surface area (Å²) in [5.74, 6) is -12.4. The van der Waals surface area contributed by atoms with Crippen molar-refractivity contribution in [3.05, 3.63) is 0 Å². The molecule has 0 saturated heterocycles. The van der Waals surface area contributed by atoms with Gasteiger partial charge in [-0.25, -0.2) is 0 Å². The van der Waals surface area contributed by atoms with Gasteiger partial charge in [0.1, 0.15) is 97.7 Å². The maximum atomic E-state index is 13.2. The summed E-state index contributed by atoms with van der Waals surface area (Å²) in [4.78, 5) is 137. The number of carbonyl (C=O) groups excluding carboxylic acids is 9. The van der Waals surface area contributed by atoms with Gasteiger partial charge in [0.05, 0.1) is 82.3 Å². The molecule has 0 aliphatic heterocycles. The number of nitrogens with zero attached hydrogens (tertiary/aromatic N) is 9. The molecule has 1 radical (unpaired) electrons. The molecule has 0 aliphatic carbocycles. The number of hydrogen-bond acceptors (Lipinski definition) is 43. The molecule has 571 valence electrons. The number of amides is 6. The summed E-state index contributed by atoms with van der Waals surface area (Å²) < 4.78 is 0. The van der Waals surface area contributed by atoms with E-state index in [0.29, 0.717) is 34.7 Å². The normalized spacial score (nSPS) is 16.7. The number of hydrogen-bond donors (Lipinski definition) is 22. The van der Waals surface area contributed by atoms with Gasteiger partial charge in [-0.05, 0) is 0 Å². The summed E-state index contributed by atoms with van der Waals surface area (Å²) in [5.41, 5.74) is 0. The summed E-state index contributed by atoms with van der Waals surface area (Å²) in [5, 5.41) is 245. The SMILES string of the molecule is O.O=C([O-])CN(CCN(CC(=O)[O-])CC(=O)NCCN(C(=O)CO/N=C/C(O)[C@@H](O)[C@H](O)C(O)CO)C(=O)CO/N=C/C(O)[C@H](O)[C@H](O)C(O)CO)CCN(CC(=O)[O-])CC(=O)NCCN(C(=O)CO/N=C/C(O)[C@@H](O)[C@H](O)C(O)CO)C(=O)CO/N=C/C(O)[C@H](O)[C@H](O)C(O)CO.[Gd+3]. The van der Waals surface area contributed by atoms with Crippen LogP contribution in [0.2, 0.25) is 0 Å². The van der Waals surface area contributed by atoms with Crippen LogP contribution in [0.5, 0.6) is 0 Å². The molecule has 24 N–H and O–H groups in total. The first-order valence-electron chi connectivity index (χ1n) is 28.5. The third kappa shape index (κ3) is 40.2. The molecule has 0 bridgehead atoms. The predicted octanol–water partition coefficient (Wildman–Crippen LogP) is -23.0. The summed E-state index contributed by atoms with van der Waals surface area (Å²) in [7, 11) is 0. The van der Waals surface area contributed by atoms with Crippen molar-refractivity contribution in [1.82, 2.24) is 35.1 Å².